The van der Waals surface area contributed by atoms with E-state index in [0.717, 1.165) is 11.3 Å². The minimum Gasteiger partial charge on any atom is -0.493 e. The van der Waals surface area contributed by atoms with E-state index >= 15 is 0 Å². The van der Waals surface area contributed by atoms with E-state index in [1.54, 1.807) is 12.1 Å². The fraction of sp³-hybridized carbons (Fsp3) is 0.154. The van der Waals surface area contributed by atoms with Crippen molar-refractivity contribution < 1.29 is 4.74 Å². The van der Waals surface area contributed by atoms with Gasteiger partial charge in [0, 0.05) is 5.56 Å². The zero-order valence-corrected chi connectivity index (χ0v) is 9.57. The van der Waals surface area contributed by atoms with Crippen LogP contribution in [0.4, 0.5) is 5.69 Å². The maximum Gasteiger partial charge on any atom is 0.271 e. The second kappa shape index (κ2) is 4.74. The number of nitrogens with two attached hydrogens (primary N) is 1. The van der Waals surface area contributed by atoms with Crippen LogP contribution >= 0.6 is 0 Å². The highest BCUT2D eigenvalue weighted by Crippen LogP contribution is 2.27. The molecule has 0 aliphatic carbocycles. The predicted octanol–water partition coefficient (Wildman–Crippen LogP) is 2.02. The summed E-state index contributed by atoms with van der Waals surface area (Å²) >= 11 is 0. The summed E-state index contributed by atoms with van der Waals surface area (Å²) in [5.74, 6) is 0.746. The summed E-state index contributed by atoms with van der Waals surface area (Å²) in [6, 6.07) is 10.9. The van der Waals surface area contributed by atoms with Crippen molar-refractivity contribution >= 4 is 5.69 Å². The standard InChI is InChI=1S/C13H14N2O2/c1-2-17-12-6-4-3-5-9(12)11-8-7-10(14)13(16)15-11/h3-8H,2,14H2,1H3,(H,15,16). The second-order valence-corrected chi connectivity index (χ2v) is 3.59. The number of nitrogens with one attached hydrogen (secondary N) is 1. The number of nitrogen functional groups attached to an aromatic ring is 1. The maximum atomic E-state index is 11.5. The largest absolute Gasteiger partial charge is 0.493 e. The maximum absolute atomic E-state index is 11.5. The molecule has 2 rings (SSSR count). The van der Waals surface area contributed by atoms with Gasteiger partial charge in [-0.2, -0.15) is 0 Å². The average molecular weight is 230 g/mol. The van der Waals surface area contributed by atoms with Crippen LogP contribution < -0.4 is 16.0 Å². The smallest absolute Gasteiger partial charge is 0.271 e. The zero-order valence-electron chi connectivity index (χ0n) is 9.57. The Balaban J connectivity index is 2.52. The van der Waals surface area contributed by atoms with Gasteiger partial charge in [0.15, 0.2) is 0 Å². The van der Waals surface area contributed by atoms with E-state index in [2.05, 4.69) is 4.98 Å². The lowest BCUT2D eigenvalue weighted by Gasteiger charge is -2.09. The van der Waals surface area contributed by atoms with Gasteiger partial charge in [0.2, 0.25) is 0 Å². The summed E-state index contributed by atoms with van der Waals surface area (Å²) in [6.45, 7) is 2.50. The molecule has 0 amide bonds. The molecule has 1 aromatic carbocycles. The van der Waals surface area contributed by atoms with E-state index in [0.29, 0.717) is 12.3 Å². The first-order valence-corrected chi connectivity index (χ1v) is 5.43. The first-order chi connectivity index (χ1) is 8.22. The van der Waals surface area contributed by atoms with Crippen molar-refractivity contribution in [3.05, 3.63) is 46.8 Å². The molecule has 0 spiro atoms. The molecule has 0 aliphatic heterocycles. The van der Waals surface area contributed by atoms with E-state index in [1.165, 1.54) is 0 Å². The van der Waals surface area contributed by atoms with Crippen LogP contribution in [-0.2, 0) is 0 Å². The Bertz CT molecular complexity index is 576. The van der Waals surface area contributed by atoms with Crippen LogP contribution in [-0.4, -0.2) is 11.6 Å². The van der Waals surface area contributed by atoms with Gasteiger partial charge in [0.25, 0.3) is 5.56 Å². The average Bonchev–Trinajstić information content (AvgIpc) is 2.34. The number of aromatic amines is 1. The third-order valence-electron chi connectivity index (χ3n) is 2.42. The Kier molecular flexibility index (Phi) is 3.14. The van der Waals surface area contributed by atoms with Gasteiger partial charge in [-0.05, 0) is 31.2 Å². The lowest BCUT2D eigenvalue weighted by Crippen LogP contribution is -2.11. The highest BCUT2D eigenvalue weighted by Gasteiger charge is 2.06. The number of H-pyrrole nitrogens is 1. The quantitative estimate of drug-likeness (QED) is 0.847. The Labute approximate surface area is 99.1 Å². The number of para-hydroxylation sites is 1. The van der Waals surface area contributed by atoms with Crippen LogP contribution in [0.25, 0.3) is 11.3 Å². The molecule has 4 heteroatoms. The number of pyridine rings is 1. The molecule has 1 heterocycles. The molecule has 3 N–H and O–H groups in total. The molecule has 0 unspecified atom stereocenters. The van der Waals surface area contributed by atoms with E-state index in [4.69, 9.17) is 10.5 Å². The Morgan fingerprint density at radius 3 is 2.71 bits per heavy atom. The number of rotatable bonds is 3. The summed E-state index contributed by atoms with van der Waals surface area (Å²) in [5, 5.41) is 0. The third-order valence-corrected chi connectivity index (χ3v) is 2.42. The van der Waals surface area contributed by atoms with Crippen molar-refractivity contribution in [3.63, 3.8) is 0 Å². The molecule has 0 radical (unpaired) electrons. The van der Waals surface area contributed by atoms with Crippen LogP contribution in [0, 0.1) is 0 Å². The predicted molar refractivity (Wildman–Crippen MR) is 68.1 cm³/mol. The highest BCUT2D eigenvalue weighted by molar-refractivity contribution is 5.67. The molecule has 4 nitrogen and oxygen atoms in total. The van der Waals surface area contributed by atoms with E-state index in [9.17, 15) is 4.79 Å². The normalized spacial score (nSPS) is 10.2. The van der Waals surface area contributed by atoms with Gasteiger partial charge in [0.1, 0.15) is 5.75 Å². The van der Waals surface area contributed by atoms with Crippen molar-refractivity contribution in [2.24, 2.45) is 0 Å². The summed E-state index contributed by atoms with van der Waals surface area (Å²) < 4.78 is 5.51. The number of ether oxygens (including phenoxy) is 1. The summed E-state index contributed by atoms with van der Waals surface area (Å²) in [5.41, 5.74) is 6.97. The molecule has 0 fully saturated rings. The topological polar surface area (TPSA) is 68.1 Å². The minimum absolute atomic E-state index is 0.211. The van der Waals surface area contributed by atoms with Crippen molar-refractivity contribution in [1.82, 2.24) is 4.98 Å². The van der Waals surface area contributed by atoms with Crippen LogP contribution in [0.3, 0.4) is 0 Å². The second-order valence-electron chi connectivity index (χ2n) is 3.59. The van der Waals surface area contributed by atoms with Gasteiger partial charge in [0.05, 0.1) is 18.0 Å². The fourth-order valence-corrected chi connectivity index (χ4v) is 1.61. The van der Waals surface area contributed by atoms with Crippen LogP contribution in [0.2, 0.25) is 0 Å². The van der Waals surface area contributed by atoms with Crippen LogP contribution in [0.15, 0.2) is 41.2 Å². The van der Waals surface area contributed by atoms with Crippen molar-refractivity contribution in [2.45, 2.75) is 6.92 Å². The molecule has 0 saturated heterocycles. The zero-order chi connectivity index (χ0) is 12.3. The Morgan fingerprint density at radius 2 is 2.00 bits per heavy atom. The fourth-order valence-electron chi connectivity index (χ4n) is 1.61. The van der Waals surface area contributed by atoms with E-state index < -0.39 is 0 Å². The summed E-state index contributed by atoms with van der Waals surface area (Å²) in [6.07, 6.45) is 0. The molecule has 17 heavy (non-hydrogen) atoms. The van der Waals surface area contributed by atoms with Gasteiger partial charge in [-0.25, -0.2) is 0 Å². The highest BCUT2D eigenvalue weighted by atomic mass is 16.5. The molecule has 0 bridgehead atoms. The van der Waals surface area contributed by atoms with Gasteiger partial charge in [-0.15, -0.1) is 0 Å². The number of benzene rings is 1. The van der Waals surface area contributed by atoms with Crippen molar-refractivity contribution in [1.29, 1.82) is 0 Å². The lowest BCUT2D eigenvalue weighted by atomic mass is 10.1. The van der Waals surface area contributed by atoms with Gasteiger partial charge < -0.3 is 15.5 Å². The SMILES string of the molecule is CCOc1ccccc1-c1ccc(N)c(=O)[nH]1. The number of hydrogen-bond acceptors (Lipinski definition) is 3. The number of anilines is 1. The molecule has 0 aliphatic rings. The number of hydrogen-bond donors (Lipinski definition) is 2. The van der Waals surface area contributed by atoms with Crippen LogP contribution in [0.1, 0.15) is 6.92 Å². The summed E-state index contributed by atoms with van der Waals surface area (Å²) in [4.78, 5) is 14.2. The minimum atomic E-state index is -0.284. The molecule has 0 saturated carbocycles. The monoisotopic (exact) mass is 230 g/mol. The Morgan fingerprint density at radius 1 is 1.24 bits per heavy atom. The van der Waals surface area contributed by atoms with Gasteiger partial charge in [-0.1, -0.05) is 12.1 Å². The first-order valence-electron chi connectivity index (χ1n) is 5.43. The van der Waals surface area contributed by atoms with Crippen molar-refractivity contribution in [3.8, 4) is 17.0 Å². The molecule has 1 aromatic heterocycles. The molecule has 2 aromatic rings. The molecule has 88 valence electrons. The summed E-state index contributed by atoms with van der Waals surface area (Å²) in [7, 11) is 0. The molecular weight excluding hydrogens is 216 g/mol. The van der Waals surface area contributed by atoms with Crippen LogP contribution in [0.5, 0.6) is 5.75 Å². The van der Waals surface area contributed by atoms with Gasteiger partial charge in [-0.3, -0.25) is 4.79 Å². The molecular formula is C13H14N2O2. The third kappa shape index (κ3) is 2.30. The lowest BCUT2D eigenvalue weighted by molar-refractivity contribution is 0.341. The van der Waals surface area contributed by atoms with E-state index in [-0.39, 0.29) is 11.2 Å². The van der Waals surface area contributed by atoms with Gasteiger partial charge >= 0.3 is 0 Å². The first kappa shape index (κ1) is 11.3. The Hall–Kier alpha value is -2.23. The molecule has 0 atom stereocenters. The number of aromatic nitrogens is 1. The van der Waals surface area contributed by atoms with E-state index in [1.807, 2.05) is 31.2 Å². The van der Waals surface area contributed by atoms with Crippen molar-refractivity contribution in [2.75, 3.05) is 12.3 Å².